The number of thiophene rings is 3. The Hall–Kier alpha value is -5.84. The lowest BCUT2D eigenvalue weighted by molar-refractivity contribution is 0.0978. The lowest BCUT2D eigenvalue weighted by Crippen LogP contribution is -2.19. The SMILES string of the molecule is CC(O)c1cc2c(s1)C(=O)c1cccnc1C2=O.COc1c2cc(C(C)=O)sc2c(OC)c2cccnc12.COc1c2cc(C(C)O)sc2c(OC)c2cccnc12. The number of Topliss-reactive ketones (excluding diaryl/α,β-unsaturated/α-hetero) is 1. The van der Waals surface area contributed by atoms with Crippen LogP contribution in [0, 0.1) is 0 Å². The molecule has 2 unspecified atom stereocenters. The highest BCUT2D eigenvalue weighted by molar-refractivity contribution is 7.21. The van der Waals surface area contributed by atoms with Gasteiger partial charge in [0.15, 0.2) is 17.3 Å². The number of aliphatic hydroxyl groups excluding tert-OH is 2. The number of aromatic nitrogens is 3. The minimum atomic E-state index is -0.683. The fraction of sp³-hybridized carbons (Fsp3) is 0.209. The Balaban J connectivity index is 0.000000133. The number of carbonyl (C=O) groups is 3. The number of hydrogen-bond acceptors (Lipinski definition) is 15. The number of methoxy groups -OCH3 is 4. The maximum absolute atomic E-state index is 12.2. The van der Waals surface area contributed by atoms with Crippen LogP contribution in [-0.2, 0) is 0 Å². The fourth-order valence-corrected chi connectivity index (χ4v) is 9.95. The van der Waals surface area contributed by atoms with Gasteiger partial charge in [-0.2, -0.15) is 0 Å². The number of nitrogens with zero attached hydrogens (tertiary/aromatic N) is 3. The second kappa shape index (κ2) is 16.6. The lowest BCUT2D eigenvalue weighted by atomic mass is 9.93. The summed E-state index contributed by atoms with van der Waals surface area (Å²) in [5.74, 6) is 2.52. The number of carbonyl (C=O) groups excluding carboxylic acids is 3. The van der Waals surface area contributed by atoms with Crippen molar-refractivity contribution < 1.29 is 43.5 Å². The second-order valence-corrected chi connectivity index (χ2v) is 16.3. The number of ketones is 3. The van der Waals surface area contributed by atoms with Gasteiger partial charge in [-0.05, 0) is 75.4 Å². The highest BCUT2D eigenvalue weighted by Crippen LogP contribution is 2.47. The van der Waals surface area contributed by atoms with Crippen molar-refractivity contribution in [2.45, 2.75) is 33.0 Å². The van der Waals surface area contributed by atoms with Crippen LogP contribution < -0.4 is 18.9 Å². The van der Waals surface area contributed by atoms with E-state index in [0.717, 1.165) is 64.1 Å². The van der Waals surface area contributed by atoms with Gasteiger partial charge in [0.2, 0.25) is 11.6 Å². The number of fused-ring (bicyclic) bond motifs is 6. The molecular formula is C43H37N3O9S3. The summed E-state index contributed by atoms with van der Waals surface area (Å²) >= 11 is 4.11. The van der Waals surface area contributed by atoms with Gasteiger partial charge in [0, 0.05) is 55.5 Å². The number of aliphatic hydroxyl groups is 2. The van der Waals surface area contributed by atoms with Crippen LogP contribution in [0.1, 0.15) is 83.7 Å². The average Bonchev–Trinajstić information content (AvgIpc) is 4.00. The third kappa shape index (κ3) is 7.05. The summed E-state index contributed by atoms with van der Waals surface area (Å²) in [7, 11) is 6.52. The van der Waals surface area contributed by atoms with Gasteiger partial charge in [-0.3, -0.25) is 29.3 Å². The van der Waals surface area contributed by atoms with E-state index in [9.17, 15) is 24.6 Å². The molecule has 0 fully saturated rings. The van der Waals surface area contributed by atoms with Crippen LogP contribution >= 0.6 is 34.0 Å². The van der Waals surface area contributed by atoms with E-state index in [1.165, 1.54) is 40.2 Å². The average molecular weight is 836 g/mol. The molecule has 12 nitrogen and oxygen atoms in total. The lowest BCUT2D eigenvalue weighted by Gasteiger charge is -2.11. The first-order valence-corrected chi connectivity index (χ1v) is 20.3. The second-order valence-electron chi connectivity index (χ2n) is 13.0. The molecule has 0 spiro atoms. The zero-order valence-corrected chi connectivity index (χ0v) is 34.9. The summed E-state index contributed by atoms with van der Waals surface area (Å²) < 4.78 is 24.0. The van der Waals surface area contributed by atoms with E-state index in [2.05, 4.69) is 15.0 Å². The zero-order chi connectivity index (χ0) is 41.4. The molecule has 1 aliphatic carbocycles. The molecule has 9 rings (SSSR count). The summed E-state index contributed by atoms with van der Waals surface area (Å²) in [5.41, 5.74) is 2.41. The van der Waals surface area contributed by atoms with Crippen molar-refractivity contribution in [1.82, 2.24) is 15.0 Å². The Morgan fingerprint density at radius 3 is 1.64 bits per heavy atom. The number of pyridine rings is 3. The van der Waals surface area contributed by atoms with Gasteiger partial charge in [0.1, 0.15) is 28.2 Å². The minimum Gasteiger partial charge on any atom is -0.495 e. The Kier molecular flexibility index (Phi) is 11.5. The normalized spacial score (nSPS) is 12.9. The summed E-state index contributed by atoms with van der Waals surface area (Å²) in [6.07, 6.45) is 3.75. The van der Waals surface area contributed by atoms with Gasteiger partial charge >= 0.3 is 0 Å². The zero-order valence-electron chi connectivity index (χ0n) is 32.4. The van der Waals surface area contributed by atoms with E-state index in [0.29, 0.717) is 31.5 Å². The van der Waals surface area contributed by atoms with Gasteiger partial charge in [0.25, 0.3) is 0 Å². The number of benzene rings is 2. The van der Waals surface area contributed by atoms with Crippen LogP contribution in [0.3, 0.4) is 0 Å². The predicted octanol–water partition coefficient (Wildman–Crippen LogP) is 9.16. The van der Waals surface area contributed by atoms with E-state index >= 15 is 0 Å². The third-order valence-corrected chi connectivity index (χ3v) is 13.2. The molecule has 296 valence electrons. The van der Waals surface area contributed by atoms with Crippen molar-refractivity contribution >= 4 is 93.3 Å². The predicted molar refractivity (Wildman–Crippen MR) is 227 cm³/mol. The van der Waals surface area contributed by atoms with Crippen LogP contribution in [0.5, 0.6) is 23.0 Å². The molecule has 0 amide bonds. The fourth-order valence-electron chi connectivity index (χ4n) is 6.69. The number of hydrogen-bond donors (Lipinski definition) is 2. The molecule has 2 atom stereocenters. The maximum Gasteiger partial charge on any atom is 0.213 e. The van der Waals surface area contributed by atoms with Gasteiger partial charge in [0.05, 0.1) is 65.4 Å². The summed E-state index contributed by atoms with van der Waals surface area (Å²) in [5, 5.41) is 22.9. The van der Waals surface area contributed by atoms with E-state index < -0.39 is 12.2 Å². The highest BCUT2D eigenvalue weighted by atomic mass is 32.1. The first-order valence-electron chi connectivity index (χ1n) is 17.8. The van der Waals surface area contributed by atoms with Gasteiger partial charge in [-0.1, -0.05) is 0 Å². The summed E-state index contributed by atoms with van der Waals surface area (Å²) in [6.45, 7) is 4.92. The van der Waals surface area contributed by atoms with E-state index in [1.54, 1.807) is 79.8 Å². The van der Waals surface area contributed by atoms with Gasteiger partial charge in [-0.15, -0.1) is 34.0 Å². The molecule has 0 radical (unpaired) electrons. The van der Waals surface area contributed by atoms with Crippen molar-refractivity contribution in [1.29, 1.82) is 0 Å². The van der Waals surface area contributed by atoms with Crippen LogP contribution in [0.15, 0.2) is 73.2 Å². The Bertz CT molecular complexity index is 2720. The third-order valence-electron chi connectivity index (χ3n) is 9.38. The van der Waals surface area contributed by atoms with Crippen molar-refractivity contribution in [3.05, 3.63) is 110 Å². The van der Waals surface area contributed by atoms with Crippen molar-refractivity contribution in [2.24, 2.45) is 0 Å². The summed E-state index contributed by atoms with van der Waals surface area (Å²) in [6, 6.07) is 16.3. The molecule has 0 saturated carbocycles. The van der Waals surface area contributed by atoms with Crippen molar-refractivity contribution in [2.75, 3.05) is 28.4 Å². The number of rotatable bonds is 7. The van der Waals surface area contributed by atoms with Gasteiger partial charge < -0.3 is 29.2 Å². The molecule has 0 bridgehead atoms. The Morgan fingerprint density at radius 2 is 1.10 bits per heavy atom. The first-order chi connectivity index (χ1) is 27.9. The standard InChI is InChI=1S/C15H15NO3S.C15H13NO3S.C13H9NO3S/c2*1-8(17)11-7-10-13(18-2)12-9(5-4-6-16-12)14(19-3)15(10)20-11;1-6(15)9-5-8-11(16)10-7(3-2-4-14-10)12(17)13(8)18-9/h4-8,17H,1-3H3;4-7H,1-3H3;2-6,15H,1H3. The largest absolute Gasteiger partial charge is 0.495 e. The first kappa shape index (κ1) is 40.4. The van der Waals surface area contributed by atoms with Gasteiger partial charge in [-0.25, -0.2) is 0 Å². The topological polar surface area (TPSA) is 167 Å². The molecule has 1 aliphatic rings. The molecule has 6 aromatic heterocycles. The molecule has 6 heterocycles. The van der Waals surface area contributed by atoms with Crippen molar-refractivity contribution in [3.63, 3.8) is 0 Å². The monoisotopic (exact) mass is 835 g/mol. The van der Waals surface area contributed by atoms with Crippen LogP contribution in [0.2, 0.25) is 0 Å². The van der Waals surface area contributed by atoms with Crippen LogP contribution in [-0.4, -0.2) is 71.0 Å². The Labute approximate surface area is 344 Å². The molecule has 0 saturated heterocycles. The molecule has 58 heavy (non-hydrogen) atoms. The van der Waals surface area contributed by atoms with E-state index in [4.69, 9.17) is 18.9 Å². The highest BCUT2D eigenvalue weighted by Gasteiger charge is 2.33. The van der Waals surface area contributed by atoms with Crippen LogP contribution in [0.25, 0.3) is 42.0 Å². The molecule has 15 heteroatoms. The quantitative estimate of drug-likeness (QED) is 0.146. The molecular weight excluding hydrogens is 799 g/mol. The Morgan fingerprint density at radius 1 is 0.603 bits per heavy atom. The maximum atomic E-state index is 12.2. The smallest absolute Gasteiger partial charge is 0.213 e. The van der Waals surface area contributed by atoms with E-state index in [1.807, 2.05) is 36.4 Å². The summed E-state index contributed by atoms with van der Waals surface area (Å²) in [4.78, 5) is 51.4. The minimum absolute atomic E-state index is 0.0346. The number of ether oxygens (including phenoxy) is 4. The van der Waals surface area contributed by atoms with E-state index in [-0.39, 0.29) is 23.0 Å². The van der Waals surface area contributed by atoms with Crippen molar-refractivity contribution in [3.8, 4) is 23.0 Å². The molecule has 2 N–H and O–H groups in total. The molecule has 8 aromatic rings. The molecule has 0 aliphatic heterocycles. The van der Waals surface area contributed by atoms with Crippen LogP contribution in [0.4, 0.5) is 0 Å². The molecule has 2 aromatic carbocycles.